The van der Waals surface area contributed by atoms with Gasteiger partial charge in [-0.25, -0.2) is 4.39 Å². The maximum Gasteiger partial charge on any atom is 0.304 e. The molecule has 0 saturated heterocycles. The summed E-state index contributed by atoms with van der Waals surface area (Å²) in [5.74, 6) is -0.164. The second-order valence-electron chi connectivity index (χ2n) is 8.37. The highest BCUT2D eigenvalue weighted by Crippen LogP contribution is 2.52. The lowest BCUT2D eigenvalue weighted by molar-refractivity contribution is -0.137. The van der Waals surface area contributed by atoms with Crippen LogP contribution >= 0.6 is 11.6 Å². The largest absolute Gasteiger partial charge is 0.489 e. The molecule has 0 spiro atoms. The van der Waals surface area contributed by atoms with Gasteiger partial charge in [-0.1, -0.05) is 17.7 Å². The second-order valence-corrected chi connectivity index (χ2v) is 8.81. The zero-order chi connectivity index (χ0) is 20.1. The van der Waals surface area contributed by atoms with Gasteiger partial charge in [0.15, 0.2) is 0 Å². The number of carbonyl (C=O) groups is 1. The summed E-state index contributed by atoms with van der Waals surface area (Å²) in [7, 11) is 0. The summed E-state index contributed by atoms with van der Waals surface area (Å²) >= 11 is 6.23. The molecule has 0 unspecified atom stereocenters. The van der Waals surface area contributed by atoms with Gasteiger partial charge in [-0.15, -0.1) is 0 Å². The van der Waals surface area contributed by atoms with Crippen LogP contribution in [0.15, 0.2) is 30.3 Å². The van der Waals surface area contributed by atoms with Gasteiger partial charge in [-0.3, -0.25) is 4.79 Å². The molecule has 0 radical (unpaired) electrons. The molecule has 1 heterocycles. The summed E-state index contributed by atoms with van der Waals surface area (Å²) in [6.07, 6.45) is 2.10. The number of fused-ring (bicyclic) bond motifs is 1. The van der Waals surface area contributed by atoms with Crippen LogP contribution in [0.4, 0.5) is 4.39 Å². The number of ether oxygens (including phenoxy) is 2. The molecule has 2 aromatic rings. The van der Waals surface area contributed by atoms with Gasteiger partial charge in [0.05, 0.1) is 6.42 Å². The third kappa shape index (κ3) is 3.68. The third-order valence-corrected chi connectivity index (χ3v) is 5.67. The van der Waals surface area contributed by atoms with E-state index in [1.54, 1.807) is 18.2 Å². The Kier molecular flexibility index (Phi) is 4.53. The molecule has 0 atom stereocenters. The summed E-state index contributed by atoms with van der Waals surface area (Å²) < 4.78 is 26.5. The summed E-state index contributed by atoms with van der Waals surface area (Å²) in [5.41, 5.74) is 1.46. The van der Waals surface area contributed by atoms with E-state index in [0.29, 0.717) is 29.2 Å². The van der Waals surface area contributed by atoms with Gasteiger partial charge in [0, 0.05) is 28.5 Å². The van der Waals surface area contributed by atoms with Crippen LogP contribution in [0.25, 0.3) is 0 Å². The lowest BCUT2D eigenvalue weighted by Gasteiger charge is -2.18. The summed E-state index contributed by atoms with van der Waals surface area (Å²) in [6, 6.07) is 8.37. The number of halogens is 2. The summed E-state index contributed by atoms with van der Waals surface area (Å²) in [5, 5.41) is 9.69. The van der Waals surface area contributed by atoms with Gasteiger partial charge < -0.3 is 14.6 Å². The fourth-order valence-corrected chi connectivity index (χ4v) is 4.27. The number of benzene rings is 2. The molecular weight excluding hydrogens is 383 g/mol. The van der Waals surface area contributed by atoms with Gasteiger partial charge in [0.1, 0.15) is 29.5 Å². The molecule has 0 amide bonds. The topological polar surface area (TPSA) is 55.8 Å². The predicted octanol–water partition coefficient (Wildman–Crippen LogP) is 5.28. The minimum absolute atomic E-state index is 0.0497. The number of carboxylic acid groups (broad SMARTS) is 1. The van der Waals surface area contributed by atoms with Crippen LogP contribution < -0.4 is 9.47 Å². The first kappa shape index (κ1) is 19.1. The minimum atomic E-state index is -0.907. The highest BCUT2D eigenvalue weighted by molar-refractivity contribution is 6.30. The first-order valence-corrected chi connectivity index (χ1v) is 9.70. The van der Waals surface area contributed by atoms with Crippen molar-refractivity contribution in [3.63, 3.8) is 0 Å². The number of hydrogen-bond donors (Lipinski definition) is 1. The smallest absolute Gasteiger partial charge is 0.304 e. The van der Waals surface area contributed by atoms with E-state index in [4.69, 9.17) is 26.2 Å². The van der Waals surface area contributed by atoms with Gasteiger partial charge in [0.25, 0.3) is 0 Å². The van der Waals surface area contributed by atoms with Crippen molar-refractivity contribution in [3.8, 4) is 11.5 Å². The molecule has 1 aliphatic heterocycles. The molecule has 4 rings (SSSR count). The molecule has 4 nitrogen and oxygen atoms in total. The zero-order valence-corrected chi connectivity index (χ0v) is 16.6. The molecule has 6 heteroatoms. The maximum atomic E-state index is 14.6. The van der Waals surface area contributed by atoms with E-state index in [9.17, 15) is 9.18 Å². The molecule has 1 aliphatic carbocycles. The van der Waals surface area contributed by atoms with Crippen molar-refractivity contribution >= 4 is 17.6 Å². The van der Waals surface area contributed by atoms with Crippen LogP contribution in [0.3, 0.4) is 0 Å². The van der Waals surface area contributed by atoms with E-state index in [1.165, 1.54) is 6.07 Å². The molecule has 28 heavy (non-hydrogen) atoms. The zero-order valence-electron chi connectivity index (χ0n) is 15.9. The van der Waals surface area contributed by atoms with Crippen molar-refractivity contribution in [2.75, 3.05) is 0 Å². The lowest BCUT2D eigenvalue weighted by atomic mass is 9.92. The van der Waals surface area contributed by atoms with E-state index in [1.807, 2.05) is 19.9 Å². The maximum absolute atomic E-state index is 14.6. The average Bonchev–Trinajstić information content (AvgIpc) is 3.27. The molecule has 0 bridgehead atoms. The van der Waals surface area contributed by atoms with Crippen molar-refractivity contribution in [3.05, 3.63) is 57.9 Å². The molecule has 2 aliphatic rings. The van der Waals surface area contributed by atoms with Crippen LogP contribution in [0, 0.1) is 5.82 Å². The van der Waals surface area contributed by atoms with E-state index in [-0.39, 0.29) is 18.6 Å². The van der Waals surface area contributed by atoms with E-state index in [0.717, 1.165) is 23.3 Å². The molecule has 1 saturated carbocycles. The van der Waals surface area contributed by atoms with Crippen molar-refractivity contribution < 1.29 is 23.8 Å². The van der Waals surface area contributed by atoms with Crippen LogP contribution in [0.5, 0.6) is 11.5 Å². The van der Waals surface area contributed by atoms with Crippen LogP contribution in [0.1, 0.15) is 49.8 Å². The van der Waals surface area contributed by atoms with E-state index >= 15 is 0 Å². The predicted molar refractivity (Wildman–Crippen MR) is 104 cm³/mol. The molecule has 148 valence electrons. The minimum Gasteiger partial charge on any atom is -0.489 e. The van der Waals surface area contributed by atoms with Gasteiger partial charge in [-0.2, -0.15) is 0 Å². The summed E-state index contributed by atoms with van der Waals surface area (Å²) in [4.78, 5) is 11.1. The Morgan fingerprint density at radius 2 is 2.04 bits per heavy atom. The highest BCUT2D eigenvalue weighted by Gasteiger charge is 2.47. The van der Waals surface area contributed by atoms with Gasteiger partial charge in [-0.05, 0) is 56.0 Å². The number of aliphatic carboxylic acids is 1. The Labute approximate surface area is 168 Å². The van der Waals surface area contributed by atoms with Crippen LogP contribution in [0.2, 0.25) is 5.02 Å². The number of rotatable bonds is 6. The Morgan fingerprint density at radius 1 is 1.29 bits per heavy atom. The van der Waals surface area contributed by atoms with Gasteiger partial charge >= 0.3 is 5.97 Å². The number of hydrogen-bond acceptors (Lipinski definition) is 3. The fraction of sp³-hybridized carbons (Fsp3) is 0.409. The van der Waals surface area contributed by atoms with Crippen molar-refractivity contribution in [2.45, 2.75) is 57.2 Å². The molecule has 0 aromatic heterocycles. The SMILES string of the molecule is CC1(C)Cc2cc(Cl)cc(COc3ccc(C4(CC(=O)O)CC4)c(F)c3)c2O1. The van der Waals surface area contributed by atoms with E-state index < -0.39 is 17.2 Å². The lowest BCUT2D eigenvalue weighted by Crippen LogP contribution is -2.25. The quantitative estimate of drug-likeness (QED) is 0.711. The monoisotopic (exact) mass is 404 g/mol. The first-order chi connectivity index (χ1) is 13.2. The second kappa shape index (κ2) is 6.66. The molecule has 1 fully saturated rings. The van der Waals surface area contributed by atoms with Crippen LogP contribution in [-0.4, -0.2) is 16.7 Å². The van der Waals surface area contributed by atoms with Gasteiger partial charge in [0.2, 0.25) is 0 Å². The van der Waals surface area contributed by atoms with Crippen molar-refractivity contribution in [1.82, 2.24) is 0 Å². The standard InChI is InChI=1S/C22H22ClFO4/c1-21(2)10-13-7-15(23)8-14(20(13)28-21)12-27-16-3-4-17(18(24)9-16)22(5-6-22)11-19(25)26/h3-4,7-9H,5-6,10-12H2,1-2H3,(H,25,26). The first-order valence-electron chi connectivity index (χ1n) is 9.32. The van der Waals surface area contributed by atoms with Crippen LogP contribution in [-0.2, 0) is 23.2 Å². The average molecular weight is 405 g/mol. The Hall–Kier alpha value is -2.27. The van der Waals surface area contributed by atoms with Crippen molar-refractivity contribution in [2.24, 2.45) is 0 Å². The molecule has 1 N–H and O–H groups in total. The summed E-state index contributed by atoms with van der Waals surface area (Å²) in [6.45, 7) is 4.24. The normalized spacial score (nSPS) is 18.3. The molecule has 2 aromatic carbocycles. The highest BCUT2D eigenvalue weighted by atomic mass is 35.5. The Balaban J connectivity index is 1.51. The third-order valence-electron chi connectivity index (χ3n) is 5.45. The fourth-order valence-electron chi connectivity index (χ4n) is 4.01. The van der Waals surface area contributed by atoms with E-state index in [2.05, 4.69) is 0 Å². The Morgan fingerprint density at radius 3 is 2.68 bits per heavy atom. The van der Waals surface area contributed by atoms with Crippen molar-refractivity contribution in [1.29, 1.82) is 0 Å². The Bertz CT molecular complexity index is 950. The number of carboxylic acids is 1. The molecular formula is C22H22ClFO4.